The van der Waals surface area contributed by atoms with Crippen molar-refractivity contribution < 1.29 is 5.11 Å². The quantitative estimate of drug-likeness (QED) is 0.566. The van der Waals surface area contributed by atoms with E-state index in [1.54, 1.807) is 0 Å². The van der Waals surface area contributed by atoms with Gasteiger partial charge in [-0.15, -0.1) is 0 Å². The number of hydrogen-bond donors (Lipinski definition) is 1. The van der Waals surface area contributed by atoms with Crippen LogP contribution in [0.25, 0.3) is 0 Å². The van der Waals surface area contributed by atoms with Crippen molar-refractivity contribution in [1.82, 2.24) is 7.68 Å². The molecule has 1 aliphatic rings. The van der Waals surface area contributed by atoms with Crippen molar-refractivity contribution in [3.8, 4) is 5.75 Å². The van der Waals surface area contributed by atoms with Crippen molar-refractivity contribution in [2.45, 2.75) is 13.1 Å². The summed E-state index contributed by atoms with van der Waals surface area (Å²) in [5.74, 6) is -0.161. The molecule has 70 valence electrons. The van der Waals surface area contributed by atoms with Crippen molar-refractivity contribution >= 4 is 22.9 Å². The van der Waals surface area contributed by atoms with Crippen molar-refractivity contribution in [3.63, 3.8) is 0 Å². The lowest BCUT2D eigenvalue weighted by atomic mass is 10.2. The van der Waals surface area contributed by atoms with Crippen LogP contribution in [-0.4, -0.2) is 19.3 Å². The molecular formula is C8H9IN2O2. The van der Waals surface area contributed by atoms with Gasteiger partial charge >= 0.3 is 0 Å². The first kappa shape index (κ1) is 9.01. The molecule has 1 aliphatic heterocycles. The zero-order chi connectivity index (χ0) is 9.42. The molecule has 1 aromatic heterocycles. The summed E-state index contributed by atoms with van der Waals surface area (Å²) in [7, 11) is 0. The molecule has 0 spiro atoms. The number of aromatic nitrogens is 1. The largest absolute Gasteiger partial charge is 0.503 e. The molecule has 0 aromatic carbocycles. The number of pyridine rings is 1. The third-order valence-electron chi connectivity index (χ3n) is 2.11. The van der Waals surface area contributed by atoms with Gasteiger partial charge in [0.15, 0.2) is 5.75 Å². The van der Waals surface area contributed by atoms with Gasteiger partial charge in [0.2, 0.25) is 5.43 Å². The molecule has 1 N–H and O–H groups in total. The zero-order valence-corrected chi connectivity index (χ0v) is 9.06. The molecule has 13 heavy (non-hydrogen) atoms. The highest BCUT2D eigenvalue weighted by Gasteiger charge is 2.14. The summed E-state index contributed by atoms with van der Waals surface area (Å²) >= 11 is 2.23. The fourth-order valence-electron chi connectivity index (χ4n) is 1.42. The summed E-state index contributed by atoms with van der Waals surface area (Å²) in [4.78, 5) is 11.1. The topological polar surface area (TPSA) is 45.5 Å². The van der Waals surface area contributed by atoms with E-state index in [1.165, 1.54) is 12.3 Å². The van der Waals surface area contributed by atoms with Gasteiger partial charge in [0, 0.05) is 54.3 Å². The third kappa shape index (κ3) is 1.71. The van der Waals surface area contributed by atoms with Crippen molar-refractivity contribution in [3.05, 3.63) is 28.2 Å². The van der Waals surface area contributed by atoms with E-state index >= 15 is 0 Å². The number of rotatable bonds is 0. The van der Waals surface area contributed by atoms with Gasteiger partial charge in [0.05, 0.1) is 6.20 Å². The van der Waals surface area contributed by atoms with E-state index in [1.807, 2.05) is 4.57 Å². The Morgan fingerprint density at radius 1 is 1.46 bits per heavy atom. The van der Waals surface area contributed by atoms with E-state index < -0.39 is 0 Å². The van der Waals surface area contributed by atoms with Crippen LogP contribution >= 0.6 is 22.9 Å². The Kier molecular flexibility index (Phi) is 2.29. The van der Waals surface area contributed by atoms with Gasteiger partial charge in [-0.25, -0.2) is 3.11 Å². The van der Waals surface area contributed by atoms with E-state index in [0.717, 1.165) is 25.3 Å². The fraction of sp³-hybridized carbons (Fsp3) is 0.375. The normalized spacial score (nSPS) is 17.0. The molecule has 1 aromatic rings. The Labute approximate surface area is 89.3 Å². The smallest absolute Gasteiger partial charge is 0.223 e. The van der Waals surface area contributed by atoms with Gasteiger partial charge in [-0.05, 0) is 0 Å². The van der Waals surface area contributed by atoms with E-state index in [-0.39, 0.29) is 11.2 Å². The number of hydrogen-bond acceptors (Lipinski definition) is 3. The third-order valence-corrected chi connectivity index (χ3v) is 2.94. The van der Waals surface area contributed by atoms with Crippen LogP contribution in [0, 0.1) is 0 Å². The summed E-state index contributed by atoms with van der Waals surface area (Å²) in [5.41, 5.74) is 0.668. The number of nitrogens with zero attached hydrogens (tertiary/aromatic N) is 2. The van der Waals surface area contributed by atoms with Crippen LogP contribution < -0.4 is 5.43 Å². The summed E-state index contributed by atoms with van der Waals surface area (Å²) in [6, 6.07) is 1.50. The van der Waals surface area contributed by atoms with Gasteiger partial charge in [-0.3, -0.25) is 4.79 Å². The standard InChI is InChI=1S/C8H9IN2O2/c9-11-2-1-10-5-8(13)7(12)3-6(10)4-11/h3,5,13H,1-2,4H2. The molecule has 0 saturated heterocycles. The van der Waals surface area contributed by atoms with Crippen molar-refractivity contribution in [2.24, 2.45) is 0 Å². The van der Waals surface area contributed by atoms with Crippen LogP contribution in [0.4, 0.5) is 0 Å². The Balaban J connectivity index is 2.49. The molecule has 0 bridgehead atoms. The van der Waals surface area contributed by atoms with E-state index in [2.05, 4.69) is 26.0 Å². The lowest BCUT2D eigenvalue weighted by Crippen LogP contribution is -2.28. The maximum atomic E-state index is 11.1. The second kappa shape index (κ2) is 3.30. The van der Waals surface area contributed by atoms with Crippen molar-refractivity contribution in [1.29, 1.82) is 0 Å². The van der Waals surface area contributed by atoms with Crippen LogP contribution in [0.5, 0.6) is 5.75 Å². The van der Waals surface area contributed by atoms with Crippen LogP contribution in [-0.2, 0) is 13.1 Å². The lowest BCUT2D eigenvalue weighted by Gasteiger charge is -2.24. The summed E-state index contributed by atoms with van der Waals surface area (Å²) < 4.78 is 4.04. The van der Waals surface area contributed by atoms with Gasteiger partial charge in [0.1, 0.15) is 0 Å². The first-order valence-corrected chi connectivity index (χ1v) is 4.96. The lowest BCUT2D eigenvalue weighted by molar-refractivity contribution is 0.387. The van der Waals surface area contributed by atoms with Crippen LogP contribution in [0.2, 0.25) is 0 Å². The molecule has 5 heteroatoms. The average Bonchev–Trinajstić information content (AvgIpc) is 2.08. The maximum absolute atomic E-state index is 11.1. The Morgan fingerprint density at radius 2 is 2.23 bits per heavy atom. The SMILES string of the molecule is O=c1cc2n(cc1O)CCN(I)C2. The predicted molar refractivity (Wildman–Crippen MR) is 56.8 cm³/mol. The molecule has 0 aliphatic carbocycles. The fourth-order valence-corrected chi connectivity index (χ4v) is 1.98. The van der Waals surface area contributed by atoms with Crippen LogP contribution in [0.1, 0.15) is 5.69 Å². The van der Waals surface area contributed by atoms with E-state index in [0.29, 0.717) is 0 Å². The number of fused-ring (bicyclic) bond motifs is 1. The average molecular weight is 292 g/mol. The van der Waals surface area contributed by atoms with Gasteiger partial charge in [-0.2, -0.15) is 0 Å². The minimum Gasteiger partial charge on any atom is -0.503 e. The minimum absolute atomic E-state index is 0.161. The molecule has 0 saturated carbocycles. The van der Waals surface area contributed by atoms with Crippen LogP contribution in [0.15, 0.2) is 17.1 Å². The Morgan fingerprint density at radius 3 is 3.00 bits per heavy atom. The molecular weight excluding hydrogens is 283 g/mol. The molecule has 0 atom stereocenters. The Bertz CT molecular complexity index is 388. The van der Waals surface area contributed by atoms with Gasteiger partial charge < -0.3 is 9.67 Å². The van der Waals surface area contributed by atoms with Gasteiger partial charge in [0.25, 0.3) is 0 Å². The highest BCUT2D eigenvalue weighted by Crippen LogP contribution is 2.15. The summed E-state index contributed by atoms with van der Waals surface area (Å²) in [5, 5.41) is 9.19. The molecule has 2 heterocycles. The highest BCUT2D eigenvalue weighted by molar-refractivity contribution is 14.1. The monoisotopic (exact) mass is 292 g/mol. The second-order valence-electron chi connectivity index (χ2n) is 3.05. The maximum Gasteiger partial charge on any atom is 0.223 e. The van der Waals surface area contributed by atoms with Crippen molar-refractivity contribution in [2.75, 3.05) is 6.54 Å². The first-order valence-electron chi connectivity index (χ1n) is 4.00. The highest BCUT2D eigenvalue weighted by atomic mass is 127. The predicted octanol–water partition coefficient (Wildman–Crippen LogP) is 0.720. The Hall–Kier alpha value is -0.560. The molecule has 4 nitrogen and oxygen atoms in total. The second-order valence-corrected chi connectivity index (χ2v) is 4.42. The molecule has 0 fully saturated rings. The zero-order valence-electron chi connectivity index (χ0n) is 6.90. The van der Waals surface area contributed by atoms with E-state index in [4.69, 9.17) is 0 Å². The van der Waals surface area contributed by atoms with E-state index in [9.17, 15) is 9.90 Å². The summed E-state index contributed by atoms with van der Waals surface area (Å²) in [6.45, 7) is 2.53. The molecule has 2 rings (SSSR count). The minimum atomic E-state index is -0.294. The molecule has 0 unspecified atom stereocenters. The van der Waals surface area contributed by atoms with Crippen LogP contribution in [0.3, 0.4) is 0 Å². The number of halogens is 1. The van der Waals surface area contributed by atoms with Gasteiger partial charge in [-0.1, -0.05) is 0 Å². The summed E-state index contributed by atoms with van der Waals surface area (Å²) in [6.07, 6.45) is 1.52. The first-order chi connectivity index (χ1) is 6.16. The number of aromatic hydroxyl groups is 1. The molecule has 0 amide bonds. The molecule has 0 radical (unpaired) electrons.